The summed E-state index contributed by atoms with van der Waals surface area (Å²) < 4.78 is 2.19. The van der Waals surface area contributed by atoms with Crippen molar-refractivity contribution in [3.05, 3.63) is 46.2 Å². The number of benzene rings is 1. The molecule has 0 bridgehead atoms. The predicted octanol–water partition coefficient (Wildman–Crippen LogP) is 3.92. The fourth-order valence-electron chi connectivity index (χ4n) is 2.90. The fourth-order valence-corrected chi connectivity index (χ4v) is 3.83. The van der Waals surface area contributed by atoms with Crippen LogP contribution < -0.4 is 10.6 Å². The smallest absolute Gasteiger partial charge is 0.191 e. The van der Waals surface area contributed by atoms with Crippen LogP contribution in [0.25, 0.3) is 11.0 Å². The third-order valence-corrected chi connectivity index (χ3v) is 5.54. The Labute approximate surface area is 187 Å². The first-order valence-electron chi connectivity index (χ1n) is 9.52. The minimum atomic E-state index is 0. The molecule has 0 radical (unpaired) electrons. The predicted molar refractivity (Wildman–Crippen MR) is 129 cm³/mol. The number of nitrogens with zero attached hydrogens (tertiary/aromatic N) is 4. The highest BCUT2D eigenvalue weighted by Crippen LogP contribution is 2.16. The Hall–Kier alpha value is -1.68. The third-order valence-electron chi connectivity index (χ3n) is 4.40. The number of thiazole rings is 1. The van der Waals surface area contributed by atoms with Crippen molar-refractivity contribution in [1.82, 2.24) is 25.2 Å². The van der Waals surface area contributed by atoms with Gasteiger partial charge in [-0.15, -0.1) is 35.3 Å². The van der Waals surface area contributed by atoms with E-state index < -0.39 is 0 Å². The Morgan fingerprint density at radius 2 is 2.04 bits per heavy atom. The van der Waals surface area contributed by atoms with E-state index in [9.17, 15) is 0 Å². The molecule has 2 heterocycles. The third kappa shape index (κ3) is 6.16. The van der Waals surface area contributed by atoms with Gasteiger partial charge >= 0.3 is 0 Å². The van der Waals surface area contributed by atoms with E-state index in [2.05, 4.69) is 58.1 Å². The Balaban J connectivity index is 0.00000280. The van der Waals surface area contributed by atoms with Crippen molar-refractivity contribution < 1.29 is 0 Å². The first-order valence-corrected chi connectivity index (χ1v) is 10.3. The monoisotopic (exact) mass is 512 g/mol. The molecule has 3 rings (SSSR count). The average Bonchev–Trinajstić information content (AvgIpc) is 3.22. The Bertz CT molecular complexity index is 882. The van der Waals surface area contributed by atoms with Gasteiger partial charge in [-0.3, -0.25) is 4.99 Å². The molecule has 3 aromatic rings. The zero-order chi connectivity index (χ0) is 19.1. The number of guanidine groups is 1. The topological polar surface area (TPSA) is 67.1 Å². The molecule has 2 aromatic heterocycles. The molecule has 0 spiro atoms. The number of aromatic nitrogens is 3. The first kappa shape index (κ1) is 22.6. The second-order valence-corrected chi connectivity index (χ2v) is 7.75. The van der Waals surface area contributed by atoms with Gasteiger partial charge in [0.15, 0.2) is 5.96 Å². The summed E-state index contributed by atoms with van der Waals surface area (Å²) >= 11 is 1.78. The molecule has 1 aromatic carbocycles. The highest BCUT2D eigenvalue weighted by molar-refractivity contribution is 14.0. The Morgan fingerprint density at radius 3 is 2.79 bits per heavy atom. The number of hydrogen-bond acceptors (Lipinski definition) is 4. The van der Waals surface area contributed by atoms with Crippen LogP contribution in [-0.2, 0) is 13.0 Å². The molecule has 6 nitrogen and oxygen atoms in total. The van der Waals surface area contributed by atoms with Gasteiger partial charge in [0.2, 0.25) is 0 Å². The second kappa shape index (κ2) is 11.4. The van der Waals surface area contributed by atoms with Gasteiger partial charge in [0.25, 0.3) is 0 Å². The second-order valence-electron chi connectivity index (χ2n) is 6.47. The lowest BCUT2D eigenvalue weighted by Crippen LogP contribution is -2.38. The quantitative estimate of drug-likeness (QED) is 0.208. The molecular formula is C20H29IN6S. The van der Waals surface area contributed by atoms with Crippen molar-refractivity contribution in [1.29, 1.82) is 0 Å². The van der Waals surface area contributed by atoms with Crippen LogP contribution in [-0.4, -0.2) is 40.1 Å². The van der Waals surface area contributed by atoms with Crippen LogP contribution in [0.3, 0.4) is 0 Å². The summed E-state index contributed by atoms with van der Waals surface area (Å²) in [6.45, 7) is 9.66. The summed E-state index contributed by atoms with van der Waals surface area (Å²) in [4.78, 5) is 15.0. The molecule has 2 N–H and O–H groups in total. The first-order chi connectivity index (χ1) is 13.2. The Morgan fingerprint density at radius 1 is 1.21 bits per heavy atom. The van der Waals surface area contributed by atoms with E-state index in [1.165, 1.54) is 15.4 Å². The van der Waals surface area contributed by atoms with Crippen molar-refractivity contribution in [2.24, 2.45) is 4.99 Å². The molecule has 8 heteroatoms. The van der Waals surface area contributed by atoms with E-state index >= 15 is 0 Å². The van der Waals surface area contributed by atoms with Crippen molar-refractivity contribution in [3.63, 3.8) is 0 Å². The summed E-state index contributed by atoms with van der Waals surface area (Å²) in [5.41, 5.74) is 3.37. The van der Waals surface area contributed by atoms with Crippen LogP contribution in [0.2, 0.25) is 0 Å². The van der Waals surface area contributed by atoms with E-state index in [0.717, 1.165) is 56.2 Å². The van der Waals surface area contributed by atoms with Crippen LogP contribution in [0.15, 0.2) is 35.6 Å². The summed E-state index contributed by atoms with van der Waals surface area (Å²) in [6, 6.07) is 8.23. The maximum atomic E-state index is 4.69. The van der Waals surface area contributed by atoms with Crippen LogP contribution >= 0.6 is 35.3 Å². The number of nitrogens with one attached hydrogen (secondary N) is 2. The number of para-hydroxylation sites is 2. The Kier molecular flexibility index (Phi) is 9.17. The molecule has 0 amide bonds. The van der Waals surface area contributed by atoms with E-state index in [0.29, 0.717) is 0 Å². The summed E-state index contributed by atoms with van der Waals surface area (Å²) in [5.74, 6) is 0.873. The minimum absolute atomic E-state index is 0. The highest BCUT2D eigenvalue weighted by Gasteiger charge is 2.04. The van der Waals surface area contributed by atoms with Gasteiger partial charge in [-0.2, -0.15) is 0 Å². The lowest BCUT2D eigenvalue weighted by molar-refractivity contribution is 0.661. The zero-order valence-electron chi connectivity index (χ0n) is 16.7. The lowest BCUT2D eigenvalue weighted by Gasteiger charge is -2.10. The molecule has 0 atom stereocenters. The van der Waals surface area contributed by atoms with Crippen LogP contribution in [0.4, 0.5) is 0 Å². The molecule has 0 saturated heterocycles. The van der Waals surface area contributed by atoms with Gasteiger partial charge in [-0.05, 0) is 39.3 Å². The van der Waals surface area contributed by atoms with Crippen molar-refractivity contribution in [3.8, 4) is 0 Å². The average molecular weight is 512 g/mol. The number of imidazole rings is 1. The molecule has 0 aliphatic rings. The fraction of sp³-hybridized carbons (Fsp3) is 0.450. The molecule has 0 saturated carbocycles. The zero-order valence-corrected chi connectivity index (χ0v) is 19.9. The minimum Gasteiger partial charge on any atom is -0.357 e. The molecule has 0 unspecified atom stereocenters. The van der Waals surface area contributed by atoms with Gasteiger partial charge in [-0.25, -0.2) is 9.97 Å². The molecule has 0 aliphatic carbocycles. The van der Waals surface area contributed by atoms with Crippen LogP contribution in [0.1, 0.15) is 28.9 Å². The van der Waals surface area contributed by atoms with Gasteiger partial charge in [0, 0.05) is 37.5 Å². The van der Waals surface area contributed by atoms with Gasteiger partial charge in [0.1, 0.15) is 0 Å². The van der Waals surface area contributed by atoms with Crippen molar-refractivity contribution in [2.45, 2.75) is 40.2 Å². The van der Waals surface area contributed by atoms with E-state index in [-0.39, 0.29) is 24.0 Å². The van der Waals surface area contributed by atoms with E-state index in [1.54, 1.807) is 11.3 Å². The van der Waals surface area contributed by atoms with Crippen molar-refractivity contribution in [2.75, 3.05) is 19.6 Å². The maximum Gasteiger partial charge on any atom is 0.191 e. The molecule has 0 fully saturated rings. The van der Waals surface area contributed by atoms with Crippen molar-refractivity contribution >= 4 is 52.3 Å². The molecule has 28 heavy (non-hydrogen) atoms. The van der Waals surface area contributed by atoms with Gasteiger partial charge < -0.3 is 15.2 Å². The van der Waals surface area contributed by atoms with E-state index in [1.807, 2.05) is 18.5 Å². The largest absolute Gasteiger partial charge is 0.357 e. The summed E-state index contributed by atoms with van der Waals surface area (Å²) in [5, 5.41) is 7.90. The maximum absolute atomic E-state index is 4.69. The molecule has 0 aliphatic heterocycles. The SMILES string of the molecule is CCNC(=NCCCn1cnc2ccccc21)NCCc1nc(C)c(C)s1.I. The van der Waals surface area contributed by atoms with Crippen LogP contribution in [0.5, 0.6) is 0 Å². The van der Waals surface area contributed by atoms with Gasteiger partial charge in [0.05, 0.1) is 28.1 Å². The number of rotatable bonds is 8. The number of aryl methyl sites for hydroxylation is 3. The number of halogens is 1. The van der Waals surface area contributed by atoms with Crippen LogP contribution in [0, 0.1) is 13.8 Å². The molecule has 152 valence electrons. The standard InChI is InChI=1S/C20H28N6S.HI/c1-4-21-20(23-12-10-19-25-15(2)16(3)27-19)22-11-7-13-26-14-24-17-8-5-6-9-18(17)26;/h5-6,8-9,14H,4,7,10-13H2,1-3H3,(H2,21,22,23);1H. The highest BCUT2D eigenvalue weighted by atomic mass is 127. The lowest BCUT2D eigenvalue weighted by atomic mass is 10.3. The van der Waals surface area contributed by atoms with Gasteiger partial charge in [-0.1, -0.05) is 12.1 Å². The number of hydrogen-bond donors (Lipinski definition) is 2. The normalized spacial score (nSPS) is 11.5. The number of aliphatic imine (C=N–C) groups is 1. The summed E-state index contributed by atoms with van der Waals surface area (Å²) in [6.07, 6.45) is 3.81. The van der Waals surface area contributed by atoms with E-state index in [4.69, 9.17) is 4.99 Å². The summed E-state index contributed by atoms with van der Waals surface area (Å²) in [7, 11) is 0. The number of fused-ring (bicyclic) bond motifs is 1. The molecular weight excluding hydrogens is 483 g/mol.